The third-order valence-electron chi connectivity index (χ3n) is 3.44. The molecule has 2 unspecified atom stereocenters. The van der Waals surface area contributed by atoms with Gasteiger partial charge in [-0.2, -0.15) is 0 Å². The monoisotopic (exact) mass is 284 g/mol. The van der Waals surface area contributed by atoms with Crippen LogP contribution in [0.15, 0.2) is 22.7 Å². The Labute approximate surface area is 102 Å². The van der Waals surface area contributed by atoms with Gasteiger partial charge in [-0.25, -0.2) is 0 Å². The van der Waals surface area contributed by atoms with Crippen LogP contribution in [0.5, 0.6) is 5.75 Å². The Hall–Kier alpha value is -1.03. The molecule has 1 fully saturated rings. The highest BCUT2D eigenvalue weighted by Gasteiger charge is 2.63. The first-order chi connectivity index (χ1) is 7.37. The van der Waals surface area contributed by atoms with Crippen LogP contribution in [-0.2, 0) is 4.79 Å². The van der Waals surface area contributed by atoms with Crippen molar-refractivity contribution < 1.29 is 15.0 Å². The lowest BCUT2D eigenvalue weighted by Crippen LogP contribution is -2.03. The third kappa shape index (κ3) is 1.52. The van der Waals surface area contributed by atoms with Gasteiger partial charge in [0, 0.05) is 5.92 Å². The number of carboxylic acids is 1. The molecule has 2 atom stereocenters. The van der Waals surface area contributed by atoms with Crippen LogP contribution in [0.3, 0.4) is 0 Å². The van der Waals surface area contributed by atoms with Crippen molar-refractivity contribution in [1.29, 1.82) is 0 Å². The van der Waals surface area contributed by atoms with Crippen LogP contribution >= 0.6 is 15.9 Å². The average Bonchev–Trinajstić information content (AvgIpc) is 2.74. The normalized spacial score (nSPS) is 26.4. The van der Waals surface area contributed by atoms with Gasteiger partial charge in [-0.1, -0.05) is 26.0 Å². The van der Waals surface area contributed by atoms with E-state index in [1.165, 1.54) is 0 Å². The van der Waals surface area contributed by atoms with Gasteiger partial charge >= 0.3 is 5.97 Å². The summed E-state index contributed by atoms with van der Waals surface area (Å²) in [5, 5.41) is 18.7. The molecule has 0 aliphatic heterocycles. The molecule has 2 N–H and O–H groups in total. The Morgan fingerprint density at radius 1 is 1.44 bits per heavy atom. The average molecular weight is 285 g/mol. The number of benzene rings is 1. The Balaban J connectivity index is 2.41. The van der Waals surface area contributed by atoms with Crippen LogP contribution in [0.25, 0.3) is 0 Å². The molecular formula is C12H13BrO3. The first kappa shape index (κ1) is 11.5. The molecule has 86 valence electrons. The molecule has 3 nitrogen and oxygen atoms in total. The highest BCUT2D eigenvalue weighted by atomic mass is 79.9. The van der Waals surface area contributed by atoms with Gasteiger partial charge in [0.2, 0.25) is 0 Å². The molecule has 1 aliphatic rings. The van der Waals surface area contributed by atoms with E-state index in [0.717, 1.165) is 5.56 Å². The quantitative estimate of drug-likeness (QED) is 0.878. The number of phenolic OH excluding ortho intramolecular Hbond substituents is 1. The second kappa shape index (κ2) is 3.48. The molecule has 4 heteroatoms. The SMILES string of the molecule is CC1(C)C(C(=O)O)C1c1cccc(O)c1Br. The molecule has 0 aromatic heterocycles. The van der Waals surface area contributed by atoms with Crippen molar-refractivity contribution in [2.75, 3.05) is 0 Å². The molecular weight excluding hydrogens is 272 g/mol. The molecule has 1 aromatic carbocycles. The van der Waals surface area contributed by atoms with Crippen LogP contribution in [0.1, 0.15) is 25.3 Å². The van der Waals surface area contributed by atoms with Gasteiger partial charge in [0.15, 0.2) is 0 Å². The van der Waals surface area contributed by atoms with Gasteiger partial charge < -0.3 is 10.2 Å². The molecule has 2 rings (SSSR count). The van der Waals surface area contributed by atoms with Gasteiger partial charge in [-0.3, -0.25) is 4.79 Å². The fraction of sp³-hybridized carbons (Fsp3) is 0.417. The lowest BCUT2D eigenvalue weighted by molar-refractivity contribution is -0.139. The summed E-state index contributed by atoms with van der Waals surface area (Å²) >= 11 is 3.31. The summed E-state index contributed by atoms with van der Waals surface area (Å²) in [5.74, 6) is -1.02. The lowest BCUT2D eigenvalue weighted by atomic mass is 10.0. The summed E-state index contributed by atoms with van der Waals surface area (Å²) < 4.78 is 0.608. The van der Waals surface area contributed by atoms with Crippen molar-refractivity contribution in [3.8, 4) is 5.75 Å². The number of carboxylic acid groups (broad SMARTS) is 1. The Bertz CT molecular complexity index is 454. The van der Waals surface area contributed by atoms with Gasteiger partial charge in [0.1, 0.15) is 5.75 Å². The first-order valence-corrected chi connectivity index (χ1v) is 5.87. The van der Waals surface area contributed by atoms with Gasteiger partial charge in [-0.15, -0.1) is 0 Å². The van der Waals surface area contributed by atoms with Crippen LogP contribution < -0.4 is 0 Å². The van der Waals surface area contributed by atoms with E-state index in [1.807, 2.05) is 19.9 Å². The standard InChI is InChI=1S/C12H13BrO3/c1-12(2)8(9(12)11(15)16)6-4-3-5-7(14)10(6)13/h3-5,8-9,14H,1-2H3,(H,15,16). The zero-order valence-corrected chi connectivity index (χ0v) is 10.7. The number of hydrogen-bond donors (Lipinski definition) is 2. The van der Waals surface area contributed by atoms with Crippen molar-refractivity contribution in [3.63, 3.8) is 0 Å². The number of carbonyl (C=O) groups is 1. The minimum Gasteiger partial charge on any atom is -0.507 e. The largest absolute Gasteiger partial charge is 0.507 e. The number of halogens is 1. The zero-order chi connectivity index (χ0) is 12.1. The highest BCUT2D eigenvalue weighted by Crippen LogP contribution is 2.65. The van der Waals surface area contributed by atoms with E-state index in [1.54, 1.807) is 12.1 Å². The van der Waals surface area contributed by atoms with E-state index in [9.17, 15) is 9.90 Å². The highest BCUT2D eigenvalue weighted by molar-refractivity contribution is 9.10. The molecule has 0 amide bonds. The van der Waals surface area contributed by atoms with Gasteiger partial charge in [0.05, 0.1) is 10.4 Å². The lowest BCUT2D eigenvalue weighted by Gasteiger charge is -2.06. The minimum atomic E-state index is -0.773. The maximum absolute atomic E-state index is 11.1. The summed E-state index contributed by atoms with van der Waals surface area (Å²) in [6.45, 7) is 3.87. The minimum absolute atomic E-state index is 0.0357. The second-order valence-electron chi connectivity index (χ2n) is 4.80. The van der Waals surface area contributed by atoms with Crippen molar-refractivity contribution >= 4 is 21.9 Å². The first-order valence-electron chi connectivity index (χ1n) is 5.07. The molecule has 1 aromatic rings. The van der Waals surface area contributed by atoms with Crippen LogP contribution in [0.2, 0.25) is 0 Å². The summed E-state index contributed by atoms with van der Waals surface area (Å²) in [4.78, 5) is 11.1. The van der Waals surface area contributed by atoms with Crippen LogP contribution in [-0.4, -0.2) is 16.2 Å². The van der Waals surface area contributed by atoms with E-state index < -0.39 is 5.97 Å². The Morgan fingerprint density at radius 3 is 2.56 bits per heavy atom. The molecule has 0 radical (unpaired) electrons. The summed E-state index contributed by atoms with van der Waals surface area (Å²) in [7, 11) is 0. The topological polar surface area (TPSA) is 57.5 Å². The van der Waals surface area contributed by atoms with E-state index in [0.29, 0.717) is 4.47 Å². The molecule has 16 heavy (non-hydrogen) atoms. The van der Waals surface area contributed by atoms with Crippen molar-refractivity contribution in [2.45, 2.75) is 19.8 Å². The van der Waals surface area contributed by atoms with Gasteiger partial charge in [-0.05, 0) is 33.0 Å². The predicted octanol–water partition coefficient (Wildman–Crippen LogP) is 2.98. The molecule has 1 saturated carbocycles. The predicted molar refractivity (Wildman–Crippen MR) is 63.5 cm³/mol. The van der Waals surface area contributed by atoms with Crippen LogP contribution in [0.4, 0.5) is 0 Å². The Kier molecular flexibility index (Phi) is 2.49. The Morgan fingerprint density at radius 2 is 2.06 bits per heavy atom. The van der Waals surface area contributed by atoms with Crippen molar-refractivity contribution in [3.05, 3.63) is 28.2 Å². The summed E-state index contributed by atoms with van der Waals surface area (Å²) in [5.41, 5.74) is 0.625. The van der Waals surface area contributed by atoms with E-state index in [4.69, 9.17) is 5.11 Å². The third-order valence-corrected chi connectivity index (χ3v) is 4.30. The molecule has 0 heterocycles. The summed E-state index contributed by atoms with van der Waals surface area (Å²) in [6.07, 6.45) is 0. The van der Waals surface area contributed by atoms with Gasteiger partial charge in [0.25, 0.3) is 0 Å². The second-order valence-corrected chi connectivity index (χ2v) is 5.59. The fourth-order valence-electron chi connectivity index (χ4n) is 2.46. The van der Waals surface area contributed by atoms with Crippen molar-refractivity contribution in [2.24, 2.45) is 11.3 Å². The van der Waals surface area contributed by atoms with E-state index in [2.05, 4.69) is 15.9 Å². The zero-order valence-electron chi connectivity index (χ0n) is 9.07. The number of hydrogen-bond acceptors (Lipinski definition) is 2. The van der Waals surface area contributed by atoms with Crippen molar-refractivity contribution in [1.82, 2.24) is 0 Å². The maximum atomic E-state index is 11.1. The summed E-state index contributed by atoms with van der Waals surface area (Å²) in [6, 6.07) is 5.18. The number of aromatic hydroxyl groups is 1. The number of phenols is 1. The van der Waals surface area contributed by atoms with E-state index in [-0.39, 0.29) is 23.0 Å². The van der Waals surface area contributed by atoms with Crippen LogP contribution in [0, 0.1) is 11.3 Å². The molecule has 0 spiro atoms. The molecule has 1 aliphatic carbocycles. The number of aliphatic carboxylic acids is 1. The fourth-order valence-corrected chi connectivity index (χ4v) is 2.97. The number of rotatable bonds is 2. The molecule has 0 bridgehead atoms. The molecule has 0 saturated heterocycles. The maximum Gasteiger partial charge on any atom is 0.307 e. The smallest absolute Gasteiger partial charge is 0.307 e. The van der Waals surface area contributed by atoms with E-state index >= 15 is 0 Å².